The number of nitrogens with zero attached hydrogens (tertiary/aromatic N) is 1. The molecular weight excluding hydrogens is 349 g/mol. The van der Waals surface area contributed by atoms with Crippen LogP contribution in [0.4, 0.5) is 9.18 Å². The Bertz CT molecular complexity index is 839. The molecule has 1 aromatic carbocycles. The van der Waals surface area contributed by atoms with Gasteiger partial charge in [-0.15, -0.1) is 0 Å². The molecule has 2 heterocycles. The zero-order valence-corrected chi connectivity index (χ0v) is 14.9. The van der Waals surface area contributed by atoms with Gasteiger partial charge in [0, 0.05) is 31.0 Å². The van der Waals surface area contributed by atoms with E-state index in [9.17, 15) is 14.0 Å². The molecule has 2 aromatic rings. The third-order valence-corrected chi connectivity index (χ3v) is 5.53. The van der Waals surface area contributed by atoms with Crippen LogP contribution >= 0.6 is 0 Å². The highest BCUT2D eigenvalue weighted by Crippen LogP contribution is 2.58. The maximum atomic E-state index is 13.2. The summed E-state index contributed by atoms with van der Waals surface area (Å²) < 4.78 is 18.4. The van der Waals surface area contributed by atoms with E-state index in [1.165, 1.54) is 12.1 Å². The van der Waals surface area contributed by atoms with Gasteiger partial charge in [0.15, 0.2) is 0 Å². The van der Waals surface area contributed by atoms with Gasteiger partial charge in [0.05, 0.1) is 12.8 Å². The van der Waals surface area contributed by atoms with Crippen LogP contribution in [0.15, 0.2) is 47.1 Å². The van der Waals surface area contributed by atoms with Crippen molar-refractivity contribution in [2.45, 2.75) is 25.9 Å². The van der Waals surface area contributed by atoms with Gasteiger partial charge in [-0.05, 0) is 42.7 Å². The molecule has 2 atom stereocenters. The van der Waals surface area contributed by atoms with Crippen LogP contribution in [0.2, 0.25) is 0 Å². The average Bonchev–Trinajstić information content (AvgIpc) is 3.01. The highest BCUT2D eigenvalue weighted by Gasteiger charge is 2.61. The molecule has 1 aliphatic carbocycles. The van der Waals surface area contributed by atoms with E-state index >= 15 is 0 Å². The summed E-state index contributed by atoms with van der Waals surface area (Å²) in [7, 11) is 0. The first kappa shape index (κ1) is 17.6. The number of amides is 3. The Labute approximate surface area is 156 Å². The van der Waals surface area contributed by atoms with E-state index in [1.54, 1.807) is 29.4 Å². The van der Waals surface area contributed by atoms with Crippen molar-refractivity contribution in [3.63, 3.8) is 0 Å². The smallest absolute Gasteiger partial charge is 0.317 e. The second-order valence-corrected chi connectivity index (χ2v) is 7.38. The van der Waals surface area contributed by atoms with Gasteiger partial charge in [-0.1, -0.05) is 12.1 Å². The van der Waals surface area contributed by atoms with E-state index in [0.29, 0.717) is 19.6 Å². The predicted octanol–water partition coefficient (Wildman–Crippen LogP) is 2.66. The maximum absolute atomic E-state index is 13.2. The van der Waals surface area contributed by atoms with Crippen molar-refractivity contribution in [1.82, 2.24) is 15.5 Å². The largest absolute Gasteiger partial charge is 0.467 e. The van der Waals surface area contributed by atoms with Crippen LogP contribution in [-0.2, 0) is 17.9 Å². The number of carbonyl (C=O) groups is 2. The molecule has 1 aliphatic heterocycles. The van der Waals surface area contributed by atoms with Gasteiger partial charge in [0.2, 0.25) is 5.91 Å². The first-order valence-corrected chi connectivity index (χ1v) is 9.13. The molecule has 1 spiro atoms. The minimum Gasteiger partial charge on any atom is -0.467 e. The SMILES string of the molecule is O=C(NCc1ccco1)C1CC12CCN(C(=O)NCc1cccc(F)c1)C2. The van der Waals surface area contributed by atoms with Crippen molar-refractivity contribution in [2.75, 3.05) is 13.1 Å². The van der Waals surface area contributed by atoms with Gasteiger partial charge in [-0.25, -0.2) is 9.18 Å². The van der Waals surface area contributed by atoms with Gasteiger partial charge in [0.1, 0.15) is 11.6 Å². The maximum Gasteiger partial charge on any atom is 0.317 e. The molecule has 2 fully saturated rings. The Morgan fingerprint density at radius 1 is 1.22 bits per heavy atom. The number of likely N-dealkylation sites (tertiary alicyclic amines) is 1. The van der Waals surface area contributed by atoms with Crippen molar-refractivity contribution in [3.05, 3.63) is 59.8 Å². The lowest BCUT2D eigenvalue weighted by atomic mass is 10.0. The number of benzene rings is 1. The number of carbonyl (C=O) groups excluding carboxylic acids is 2. The van der Waals surface area contributed by atoms with Crippen molar-refractivity contribution < 1.29 is 18.4 Å². The highest BCUT2D eigenvalue weighted by molar-refractivity contribution is 5.83. The molecule has 7 heteroatoms. The molecule has 3 amide bonds. The van der Waals surface area contributed by atoms with E-state index < -0.39 is 0 Å². The molecule has 2 aliphatic rings. The molecule has 1 saturated carbocycles. The van der Waals surface area contributed by atoms with Crippen molar-refractivity contribution >= 4 is 11.9 Å². The zero-order chi connectivity index (χ0) is 18.9. The van der Waals surface area contributed by atoms with Gasteiger partial charge in [0.25, 0.3) is 0 Å². The Balaban J connectivity index is 1.25. The lowest BCUT2D eigenvalue weighted by Crippen LogP contribution is -2.38. The standard InChI is InChI=1S/C20H22FN3O3/c21-15-4-1-3-14(9-15)11-23-19(26)24-7-6-20(13-24)10-17(20)18(25)22-12-16-5-2-8-27-16/h1-5,8-9,17H,6-7,10-13H2,(H,22,25)(H,23,26). The Hall–Kier alpha value is -2.83. The van der Waals surface area contributed by atoms with Gasteiger partial charge < -0.3 is 20.0 Å². The number of urea groups is 1. The van der Waals surface area contributed by atoms with Gasteiger partial charge in [-0.2, -0.15) is 0 Å². The summed E-state index contributed by atoms with van der Waals surface area (Å²) in [4.78, 5) is 26.5. The molecule has 142 valence electrons. The quantitative estimate of drug-likeness (QED) is 0.849. The summed E-state index contributed by atoms with van der Waals surface area (Å²) in [6, 6.07) is 9.62. The van der Waals surface area contributed by atoms with E-state index in [-0.39, 0.29) is 35.6 Å². The van der Waals surface area contributed by atoms with Crippen LogP contribution in [0, 0.1) is 17.2 Å². The molecule has 4 rings (SSSR count). The molecule has 2 N–H and O–H groups in total. The minimum absolute atomic E-state index is 0.0217. The number of halogens is 1. The molecule has 27 heavy (non-hydrogen) atoms. The summed E-state index contributed by atoms with van der Waals surface area (Å²) in [6.45, 7) is 1.89. The lowest BCUT2D eigenvalue weighted by Gasteiger charge is -2.17. The van der Waals surface area contributed by atoms with Crippen LogP contribution in [0.3, 0.4) is 0 Å². The van der Waals surface area contributed by atoms with Crippen LogP contribution in [0.25, 0.3) is 0 Å². The second kappa shape index (κ2) is 7.06. The number of rotatable bonds is 5. The van der Waals surface area contributed by atoms with E-state index in [2.05, 4.69) is 10.6 Å². The number of nitrogens with one attached hydrogen (secondary N) is 2. The van der Waals surface area contributed by atoms with Crippen LogP contribution < -0.4 is 10.6 Å². The van der Waals surface area contributed by atoms with Crippen LogP contribution in [0.1, 0.15) is 24.2 Å². The Morgan fingerprint density at radius 3 is 2.89 bits per heavy atom. The first-order valence-electron chi connectivity index (χ1n) is 9.13. The van der Waals surface area contributed by atoms with E-state index in [4.69, 9.17) is 4.42 Å². The summed E-state index contributed by atoms with van der Waals surface area (Å²) in [5, 5.41) is 5.74. The van der Waals surface area contributed by atoms with Crippen LogP contribution in [0.5, 0.6) is 0 Å². The fourth-order valence-electron chi connectivity index (χ4n) is 3.89. The highest BCUT2D eigenvalue weighted by atomic mass is 19.1. The fraction of sp³-hybridized carbons (Fsp3) is 0.400. The fourth-order valence-corrected chi connectivity index (χ4v) is 3.89. The second-order valence-electron chi connectivity index (χ2n) is 7.38. The number of furan rings is 1. The topological polar surface area (TPSA) is 74.6 Å². The van der Waals surface area contributed by atoms with Crippen molar-refractivity contribution in [2.24, 2.45) is 11.3 Å². The Morgan fingerprint density at radius 2 is 2.11 bits per heavy atom. The number of hydrogen-bond donors (Lipinski definition) is 2. The van der Waals surface area contributed by atoms with Gasteiger partial charge in [-0.3, -0.25) is 4.79 Å². The van der Waals surface area contributed by atoms with Crippen molar-refractivity contribution in [1.29, 1.82) is 0 Å². The lowest BCUT2D eigenvalue weighted by molar-refractivity contribution is -0.123. The molecule has 1 aromatic heterocycles. The monoisotopic (exact) mass is 371 g/mol. The molecule has 2 unspecified atom stereocenters. The summed E-state index contributed by atoms with van der Waals surface area (Å²) in [6.07, 6.45) is 3.22. The van der Waals surface area contributed by atoms with Gasteiger partial charge >= 0.3 is 6.03 Å². The normalized spacial score (nSPS) is 23.4. The summed E-state index contributed by atoms with van der Waals surface area (Å²) >= 11 is 0. The van der Waals surface area contributed by atoms with Crippen LogP contribution in [-0.4, -0.2) is 29.9 Å². The minimum atomic E-state index is -0.316. The summed E-state index contributed by atoms with van der Waals surface area (Å²) in [5.74, 6) is 0.382. The van der Waals surface area contributed by atoms with E-state index in [1.807, 2.05) is 6.07 Å². The third kappa shape index (κ3) is 3.82. The average molecular weight is 371 g/mol. The first-order chi connectivity index (χ1) is 13.1. The number of hydrogen-bond acceptors (Lipinski definition) is 3. The molecular formula is C20H22FN3O3. The molecule has 0 radical (unpaired) electrons. The Kier molecular flexibility index (Phi) is 4.59. The third-order valence-electron chi connectivity index (χ3n) is 5.53. The predicted molar refractivity (Wildman–Crippen MR) is 95.9 cm³/mol. The van der Waals surface area contributed by atoms with Crippen molar-refractivity contribution in [3.8, 4) is 0 Å². The molecule has 0 bridgehead atoms. The summed E-state index contributed by atoms with van der Waals surface area (Å²) in [5.41, 5.74) is 0.627. The molecule has 6 nitrogen and oxygen atoms in total. The zero-order valence-electron chi connectivity index (χ0n) is 14.9. The molecule has 1 saturated heterocycles. The van der Waals surface area contributed by atoms with E-state index in [0.717, 1.165) is 24.2 Å².